The van der Waals surface area contributed by atoms with Crippen molar-refractivity contribution >= 4 is 11.8 Å². The lowest BCUT2D eigenvalue weighted by atomic mass is 9.86. The van der Waals surface area contributed by atoms with Crippen LogP contribution < -0.4 is 10.6 Å². The molecule has 1 aromatic rings. The molecule has 7 nitrogen and oxygen atoms in total. The number of nitrogens with one attached hydrogen (secondary N) is 2. The fourth-order valence-corrected chi connectivity index (χ4v) is 3.05. The molecule has 0 aromatic carbocycles. The number of likely N-dealkylation sites (N-methyl/N-ethyl adjacent to an activating group) is 1. The van der Waals surface area contributed by atoms with Crippen LogP contribution in [-0.4, -0.2) is 54.6 Å². The summed E-state index contributed by atoms with van der Waals surface area (Å²) >= 11 is 0. The van der Waals surface area contributed by atoms with Gasteiger partial charge in [0.15, 0.2) is 0 Å². The highest BCUT2D eigenvalue weighted by Gasteiger charge is 2.32. The van der Waals surface area contributed by atoms with Gasteiger partial charge in [-0.05, 0) is 39.3 Å². The predicted octanol–water partition coefficient (Wildman–Crippen LogP) is 2.14. The van der Waals surface area contributed by atoms with E-state index in [1.54, 1.807) is 13.8 Å². The molecule has 0 aliphatic heterocycles. The Morgan fingerprint density at radius 3 is 2.15 bits per heavy atom. The van der Waals surface area contributed by atoms with Crippen LogP contribution in [0.4, 0.5) is 0 Å². The van der Waals surface area contributed by atoms with Crippen molar-refractivity contribution in [2.24, 2.45) is 11.3 Å². The van der Waals surface area contributed by atoms with Crippen LogP contribution in [0.1, 0.15) is 56.4 Å². The monoisotopic (exact) mass is 366 g/mol. The molecule has 0 aliphatic rings. The van der Waals surface area contributed by atoms with E-state index in [4.69, 9.17) is 4.52 Å². The van der Waals surface area contributed by atoms with Crippen LogP contribution in [0.3, 0.4) is 0 Å². The summed E-state index contributed by atoms with van der Waals surface area (Å²) in [6.07, 6.45) is 0. The van der Waals surface area contributed by atoms with Gasteiger partial charge in [-0.2, -0.15) is 0 Å². The van der Waals surface area contributed by atoms with Crippen LogP contribution in [0.5, 0.6) is 0 Å². The van der Waals surface area contributed by atoms with Crippen molar-refractivity contribution in [3.63, 3.8) is 0 Å². The third-order valence-electron chi connectivity index (χ3n) is 4.55. The molecule has 0 radical (unpaired) electrons. The zero-order chi connectivity index (χ0) is 20.2. The number of aryl methyl sites for hydroxylation is 2. The van der Waals surface area contributed by atoms with Crippen LogP contribution in [0.15, 0.2) is 4.52 Å². The molecule has 1 aromatic heterocycles. The average molecular weight is 367 g/mol. The van der Waals surface area contributed by atoms with E-state index in [9.17, 15) is 9.59 Å². The third-order valence-corrected chi connectivity index (χ3v) is 4.55. The Labute approximate surface area is 156 Å². The summed E-state index contributed by atoms with van der Waals surface area (Å²) in [5.41, 5.74) is 0.802. The number of carbonyl (C=O) groups is 2. The molecule has 148 valence electrons. The quantitative estimate of drug-likeness (QED) is 0.772. The standard InChI is InChI=1S/C19H34N4O3/c1-11(2)16(23(8)9)18(25)21-14(19(5,6)7)10-20-17(24)15-12(3)22-26-13(15)4/h11,14,16H,10H2,1-9H3,(H,20,24)(H,21,25)/t14?,16-/m1/s1. The zero-order valence-electron chi connectivity index (χ0n) is 17.6. The van der Waals surface area contributed by atoms with E-state index in [-0.39, 0.29) is 35.2 Å². The van der Waals surface area contributed by atoms with Crippen LogP contribution in [0, 0.1) is 25.2 Å². The van der Waals surface area contributed by atoms with E-state index in [2.05, 4.69) is 15.8 Å². The van der Waals surface area contributed by atoms with Gasteiger partial charge in [0.1, 0.15) is 11.3 Å². The van der Waals surface area contributed by atoms with Crippen molar-refractivity contribution in [3.05, 3.63) is 17.0 Å². The second kappa shape index (κ2) is 8.66. The first-order chi connectivity index (χ1) is 11.9. The molecule has 0 saturated heterocycles. The Bertz CT molecular complexity index is 602. The molecular formula is C19H34N4O3. The van der Waals surface area contributed by atoms with Crippen molar-refractivity contribution < 1.29 is 14.1 Å². The first-order valence-corrected chi connectivity index (χ1v) is 9.04. The minimum atomic E-state index is -0.238. The second-order valence-corrected chi connectivity index (χ2v) is 8.49. The first kappa shape index (κ1) is 22.2. The summed E-state index contributed by atoms with van der Waals surface area (Å²) in [5.74, 6) is 0.403. The van der Waals surface area contributed by atoms with Gasteiger partial charge in [0.25, 0.3) is 5.91 Å². The first-order valence-electron chi connectivity index (χ1n) is 9.04. The van der Waals surface area contributed by atoms with E-state index in [0.717, 1.165) is 0 Å². The van der Waals surface area contributed by atoms with Crippen LogP contribution in [0.25, 0.3) is 0 Å². The fourth-order valence-electron chi connectivity index (χ4n) is 3.05. The van der Waals surface area contributed by atoms with Crippen molar-refractivity contribution in [2.45, 2.75) is 60.5 Å². The fraction of sp³-hybridized carbons (Fsp3) is 0.737. The molecule has 1 heterocycles. The lowest BCUT2D eigenvalue weighted by molar-refractivity contribution is -0.128. The number of rotatable bonds is 7. The molecule has 0 bridgehead atoms. The van der Waals surface area contributed by atoms with Crippen LogP contribution in [-0.2, 0) is 4.79 Å². The smallest absolute Gasteiger partial charge is 0.256 e. The van der Waals surface area contributed by atoms with Gasteiger partial charge < -0.3 is 15.2 Å². The number of nitrogens with zero attached hydrogens (tertiary/aromatic N) is 2. The Hall–Kier alpha value is -1.89. The zero-order valence-corrected chi connectivity index (χ0v) is 17.6. The van der Waals surface area contributed by atoms with E-state index >= 15 is 0 Å². The highest BCUT2D eigenvalue weighted by atomic mass is 16.5. The number of carbonyl (C=O) groups excluding carboxylic acids is 2. The van der Waals surface area contributed by atoms with Gasteiger partial charge in [-0.3, -0.25) is 14.5 Å². The van der Waals surface area contributed by atoms with Crippen molar-refractivity contribution in [1.29, 1.82) is 0 Å². The Morgan fingerprint density at radius 2 is 1.77 bits per heavy atom. The molecule has 1 rings (SSSR count). The molecular weight excluding hydrogens is 332 g/mol. The number of hydrogen-bond donors (Lipinski definition) is 2. The topological polar surface area (TPSA) is 87.5 Å². The van der Waals surface area contributed by atoms with E-state index in [1.807, 2.05) is 53.6 Å². The molecule has 0 saturated carbocycles. The summed E-state index contributed by atoms with van der Waals surface area (Å²) < 4.78 is 5.05. The molecule has 0 fully saturated rings. The van der Waals surface area contributed by atoms with Crippen molar-refractivity contribution in [2.75, 3.05) is 20.6 Å². The van der Waals surface area contributed by atoms with Gasteiger partial charge >= 0.3 is 0 Å². The summed E-state index contributed by atoms with van der Waals surface area (Å²) in [6.45, 7) is 13.9. The molecule has 7 heteroatoms. The highest BCUT2D eigenvalue weighted by Crippen LogP contribution is 2.20. The minimum absolute atomic E-state index is 0.0310. The number of aromatic nitrogens is 1. The van der Waals surface area contributed by atoms with Gasteiger partial charge in [-0.1, -0.05) is 39.8 Å². The SMILES string of the molecule is Cc1noc(C)c1C(=O)NCC(NC(=O)[C@@H](C(C)C)N(C)C)C(C)(C)C. The molecule has 2 atom stereocenters. The third kappa shape index (κ3) is 5.56. The molecule has 0 aliphatic carbocycles. The molecule has 1 unspecified atom stereocenters. The molecule has 26 heavy (non-hydrogen) atoms. The van der Waals surface area contributed by atoms with Crippen molar-refractivity contribution in [3.8, 4) is 0 Å². The van der Waals surface area contributed by atoms with Crippen molar-refractivity contribution in [1.82, 2.24) is 20.7 Å². The number of hydrogen-bond acceptors (Lipinski definition) is 5. The van der Waals surface area contributed by atoms with Gasteiger partial charge in [0.2, 0.25) is 5.91 Å². The van der Waals surface area contributed by atoms with Gasteiger partial charge in [-0.15, -0.1) is 0 Å². The van der Waals surface area contributed by atoms with E-state index < -0.39 is 0 Å². The summed E-state index contributed by atoms with van der Waals surface area (Å²) in [4.78, 5) is 27.2. The lowest BCUT2D eigenvalue weighted by Gasteiger charge is -2.35. The van der Waals surface area contributed by atoms with Gasteiger partial charge in [-0.25, -0.2) is 0 Å². The highest BCUT2D eigenvalue weighted by molar-refractivity contribution is 5.96. The van der Waals surface area contributed by atoms with Gasteiger partial charge in [0, 0.05) is 6.54 Å². The maximum Gasteiger partial charge on any atom is 0.256 e. The minimum Gasteiger partial charge on any atom is -0.361 e. The Balaban J connectivity index is 2.86. The largest absolute Gasteiger partial charge is 0.361 e. The molecule has 2 N–H and O–H groups in total. The number of amides is 2. The van der Waals surface area contributed by atoms with E-state index in [0.29, 0.717) is 23.6 Å². The van der Waals surface area contributed by atoms with E-state index in [1.165, 1.54) is 0 Å². The summed E-state index contributed by atoms with van der Waals surface area (Å²) in [6, 6.07) is -0.432. The van der Waals surface area contributed by atoms with Crippen LogP contribution in [0.2, 0.25) is 0 Å². The maximum atomic E-state index is 12.8. The average Bonchev–Trinajstić information content (AvgIpc) is 2.80. The molecule has 2 amide bonds. The molecule has 0 spiro atoms. The Morgan fingerprint density at radius 1 is 1.19 bits per heavy atom. The van der Waals surface area contributed by atoms with Crippen LogP contribution >= 0.6 is 0 Å². The predicted molar refractivity (Wildman–Crippen MR) is 102 cm³/mol. The van der Waals surface area contributed by atoms with Gasteiger partial charge in [0.05, 0.1) is 17.8 Å². The summed E-state index contributed by atoms with van der Waals surface area (Å²) in [7, 11) is 3.80. The lowest BCUT2D eigenvalue weighted by Crippen LogP contribution is -2.56. The summed E-state index contributed by atoms with van der Waals surface area (Å²) in [5, 5.41) is 9.84. The normalized spacial score (nSPS) is 14.4. The maximum absolute atomic E-state index is 12.8. The Kier molecular flexibility index (Phi) is 7.38. The second-order valence-electron chi connectivity index (χ2n) is 8.49.